The number of fused-ring (bicyclic) bond motifs is 1. The van der Waals surface area contributed by atoms with Gasteiger partial charge in [-0.1, -0.05) is 49.1 Å². The quantitative estimate of drug-likeness (QED) is 0.468. The number of likely N-dealkylation sites (tertiary alicyclic amines) is 1. The Balaban J connectivity index is 1.78. The second-order valence-corrected chi connectivity index (χ2v) is 8.86. The van der Waals surface area contributed by atoms with Gasteiger partial charge in [0.2, 0.25) is 0 Å². The summed E-state index contributed by atoms with van der Waals surface area (Å²) in [4.78, 5) is 29.4. The molecule has 0 saturated carbocycles. The number of rotatable bonds is 4. The molecule has 1 aromatic carbocycles. The van der Waals surface area contributed by atoms with Crippen molar-refractivity contribution < 1.29 is 14.7 Å². The number of carboxylic acid groups (broad SMARTS) is 1. The number of piperidine rings is 1. The molecule has 0 atom stereocenters. The standard InChI is InChI=1S/C28H30N4O3/c1-5-6-10-23(16-22-11-8-7-9-18(22)2)24-17-29-32-20(4)19(3)25(30-26(24)32)21-12-14-31(15-13-21)27(33)28(34)35/h5-11,16-17,21H,2,12-15H2,1,3-4H3,(H,34,35). The minimum absolute atomic E-state index is 0.145. The molecule has 0 aliphatic carbocycles. The van der Waals surface area contributed by atoms with E-state index in [1.165, 1.54) is 4.90 Å². The van der Waals surface area contributed by atoms with E-state index in [2.05, 4.69) is 30.8 Å². The zero-order valence-corrected chi connectivity index (χ0v) is 20.4. The molecule has 2 aromatic heterocycles. The Hall–Kier alpha value is -4.00. The zero-order chi connectivity index (χ0) is 25.1. The fraction of sp³-hybridized carbons (Fsp3) is 0.286. The van der Waals surface area contributed by atoms with Gasteiger partial charge in [-0.05, 0) is 61.3 Å². The Morgan fingerprint density at radius 2 is 1.89 bits per heavy atom. The van der Waals surface area contributed by atoms with Crippen molar-refractivity contribution in [1.29, 1.82) is 0 Å². The van der Waals surface area contributed by atoms with Crippen LogP contribution < -0.4 is 10.4 Å². The summed E-state index contributed by atoms with van der Waals surface area (Å²) in [5.41, 5.74) is 5.76. The van der Waals surface area contributed by atoms with Gasteiger partial charge in [-0.3, -0.25) is 4.79 Å². The summed E-state index contributed by atoms with van der Waals surface area (Å²) >= 11 is 0. The van der Waals surface area contributed by atoms with Crippen LogP contribution in [0.2, 0.25) is 0 Å². The van der Waals surface area contributed by atoms with E-state index in [0.717, 1.165) is 44.2 Å². The third-order valence-electron chi connectivity index (χ3n) is 6.71. The van der Waals surface area contributed by atoms with E-state index >= 15 is 0 Å². The summed E-state index contributed by atoms with van der Waals surface area (Å²) in [6, 6.07) is 7.99. The SMILES string of the molecule is C=c1ccccc1=CC(=CC=CC)c1cnn2c(C)c(C)c(C3CCN(C(=O)C(=O)O)CC3)nc12. The number of aryl methyl sites for hydroxylation is 1. The predicted molar refractivity (Wildman–Crippen MR) is 137 cm³/mol. The van der Waals surface area contributed by atoms with Crippen LogP contribution in [0.15, 0.2) is 48.7 Å². The second-order valence-electron chi connectivity index (χ2n) is 8.86. The summed E-state index contributed by atoms with van der Waals surface area (Å²) in [6.07, 6.45) is 11.3. The molecule has 7 nitrogen and oxygen atoms in total. The monoisotopic (exact) mass is 470 g/mol. The van der Waals surface area contributed by atoms with Crippen LogP contribution >= 0.6 is 0 Å². The van der Waals surface area contributed by atoms with Crippen LogP contribution in [0.5, 0.6) is 0 Å². The van der Waals surface area contributed by atoms with E-state index in [1.54, 1.807) is 0 Å². The van der Waals surface area contributed by atoms with Crippen molar-refractivity contribution in [3.8, 4) is 0 Å². The number of carbonyl (C=O) groups excluding carboxylic acids is 1. The molecule has 0 radical (unpaired) electrons. The van der Waals surface area contributed by atoms with Crippen LogP contribution in [0.25, 0.3) is 23.9 Å². The molecule has 1 aliphatic heterocycles. The molecule has 1 N–H and O–H groups in total. The van der Waals surface area contributed by atoms with Gasteiger partial charge in [-0.2, -0.15) is 5.10 Å². The largest absolute Gasteiger partial charge is 0.474 e. The Bertz CT molecular complexity index is 1460. The Morgan fingerprint density at radius 1 is 1.17 bits per heavy atom. The molecule has 3 aromatic rings. The van der Waals surface area contributed by atoms with E-state index in [1.807, 2.05) is 61.0 Å². The molecule has 1 fully saturated rings. The number of allylic oxidation sites excluding steroid dienone is 4. The average Bonchev–Trinajstić information content (AvgIpc) is 3.28. The van der Waals surface area contributed by atoms with Crippen molar-refractivity contribution in [2.75, 3.05) is 13.1 Å². The maximum atomic E-state index is 11.9. The number of carbonyl (C=O) groups is 2. The first-order chi connectivity index (χ1) is 16.8. The first-order valence-electron chi connectivity index (χ1n) is 11.8. The van der Waals surface area contributed by atoms with Crippen molar-refractivity contribution in [2.45, 2.75) is 39.5 Å². The van der Waals surface area contributed by atoms with Crippen LogP contribution in [-0.4, -0.2) is 49.6 Å². The topological polar surface area (TPSA) is 87.8 Å². The molecule has 1 amide bonds. The van der Waals surface area contributed by atoms with Gasteiger partial charge in [0.25, 0.3) is 0 Å². The summed E-state index contributed by atoms with van der Waals surface area (Å²) in [6.45, 7) is 11.0. The lowest BCUT2D eigenvalue weighted by molar-refractivity contribution is -0.156. The number of hydrogen-bond donors (Lipinski definition) is 1. The molecule has 3 heterocycles. The molecule has 0 bridgehead atoms. The van der Waals surface area contributed by atoms with Crippen molar-refractivity contribution >= 4 is 35.8 Å². The van der Waals surface area contributed by atoms with Crippen LogP contribution in [0.3, 0.4) is 0 Å². The fourth-order valence-corrected chi connectivity index (χ4v) is 4.59. The molecular weight excluding hydrogens is 440 g/mol. The molecule has 7 heteroatoms. The lowest BCUT2D eigenvalue weighted by Crippen LogP contribution is -2.41. The van der Waals surface area contributed by atoms with Crippen LogP contribution in [0, 0.1) is 13.8 Å². The fourth-order valence-electron chi connectivity index (χ4n) is 4.59. The van der Waals surface area contributed by atoms with Crippen molar-refractivity contribution in [3.63, 3.8) is 0 Å². The summed E-state index contributed by atoms with van der Waals surface area (Å²) in [7, 11) is 0. The number of carboxylic acids is 1. The van der Waals surface area contributed by atoms with Crippen molar-refractivity contribution in [3.05, 3.63) is 81.6 Å². The molecule has 1 aliphatic rings. The highest BCUT2D eigenvalue weighted by Crippen LogP contribution is 2.32. The smallest absolute Gasteiger partial charge is 0.394 e. The van der Waals surface area contributed by atoms with Gasteiger partial charge in [-0.25, -0.2) is 14.3 Å². The summed E-state index contributed by atoms with van der Waals surface area (Å²) in [5.74, 6) is -2.09. The van der Waals surface area contributed by atoms with E-state index in [9.17, 15) is 9.59 Å². The second kappa shape index (κ2) is 10.1. The summed E-state index contributed by atoms with van der Waals surface area (Å²) < 4.78 is 1.88. The first kappa shape index (κ1) is 24.1. The Labute approximate surface area is 204 Å². The highest BCUT2D eigenvalue weighted by Gasteiger charge is 2.29. The van der Waals surface area contributed by atoms with Gasteiger partial charge < -0.3 is 10.0 Å². The molecule has 0 unspecified atom stereocenters. The van der Waals surface area contributed by atoms with Gasteiger partial charge in [0.1, 0.15) is 0 Å². The molecule has 35 heavy (non-hydrogen) atoms. The number of aromatic nitrogens is 3. The van der Waals surface area contributed by atoms with E-state index in [4.69, 9.17) is 10.1 Å². The van der Waals surface area contributed by atoms with Gasteiger partial charge >= 0.3 is 11.9 Å². The average molecular weight is 471 g/mol. The van der Waals surface area contributed by atoms with E-state index in [-0.39, 0.29) is 5.92 Å². The van der Waals surface area contributed by atoms with Gasteiger partial charge in [-0.15, -0.1) is 0 Å². The van der Waals surface area contributed by atoms with Crippen molar-refractivity contribution in [1.82, 2.24) is 19.5 Å². The highest BCUT2D eigenvalue weighted by molar-refractivity contribution is 6.31. The highest BCUT2D eigenvalue weighted by atomic mass is 16.4. The Kier molecular flexibility index (Phi) is 6.96. The van der Waals surface area contributed by atoms with Gasteiger partial charge in [0.15, 0.2) is 5.65 Å². The molecular formula is C28H30N4O3. The number of nitrogens with zero attached hydrogens (tertiary/aromatic N) is 4. The van der Waals surface area contributed by atoms with Crippen LogP contribution in [0.1, 0.15) is 48.2 Å². The van der Waals surface area contributed by atoms with E-state index < -0.39 is 11.9 Å². The number of aliphatic carboxylic acids is 1. The zero-order valence-electron chi connectivity index (χ0n) is 20.4. The van der Waals surface area contributed by atoms with Crippen molar-refractivity contribution in [2.24, 2.45) is 0 Å². The minimum Gasteiger partial charge on any atom is -0.474 e. The molecule has 4 rings (SSSR count). The molecule has 180 valence electrons. The third kappa shape index (κ3) is 4.80. The maximum absolute atomic E-state index is 11.9. The summed E-state index contributed by atoms with van der Waals surface area (Å²) in [5, 5.41) is 15.7. The number of benzene rings is 1. The molecule has 1 saturated heterocycles. The van der Waals surface area contributed by atoms with Gasteiger partial charge in [0, 0.05) is 30.3 Å². The van der Waals surface area contributed by atoms with E-state index in [0.29, 0.717) is 25.9 Å². The first-order valence-corrected chi connectivity index (χ1v) is 11.8. The van der Waals surface area contributed by atoms with Crippen LogP contribution in [0.4, 0.5) is 0 Å². The Morgan fingerprint density at radius 3 is 2.54 bits per heavy atom. The normalized spacial score (nSPS) is 15.9. The lowest BCUT2D eigenvalue weighted by Gasteiger charge is -2.31. The maximum Gasteiger partial charge on any atom is 0.394 e. The minimum atomic E-state index is -1.40. The number of amides is 1. The lowest BCUT2D eigenvalue weighted by atomic mass is 9.90. The third-order valence-corrected chi connectivity index (χ3v) is 6.71. The predicted octanol–water partition coefficient (Wildman–Crippen LogP) is 2.99. The van der Waals surface area contributed by atoms with Crippen LogP contribution in [-0.2, 0) is 9.59 Å². The number of hydrogen-bond acceptors (Lipinski definition) is 4. The van der Waals surface area contributed by atoms with Gasteiger partial charge in [0.05, 0.1) is 11.9 Å². The molecule has 0 spiro atoms.